The fourth-order valence-corrected chi connectivity index (χ4v) is 2.73. The van der Waals surface area contributed by atoms with Crippen molar-refractivity contribution in [3.05, 3.63) is 47.8 Å². The average Bonchev–Trinajstić information content (AvgIpc) is 2.80. The molecule has 0 bridgehead atoms. The molecule has 7 heteroatoms. The number of nitrogens with zero attached hydrogens (tertiary/aromatic N) is 1. The molecule has 1 heterocycles. The zero-order valence-electron chi connectivity index (χ0n) is 11.1. The molecule has 2 aromatic rings. The minimum Gasteiger partial charge on any atom is -0.355 e. The highest BCUT2D eigenvalue weighted by atomic mass is 32.2. The first kappa shape index (κ1) is 14.3. The molecule has 0 spiro atoms. The van der Waals surface area contributed by atoms with Gasteiger partial charge in [-0.1, -0.05) is 12.1 Å². The molecule has 0 fully saturated rings. The quantitative estimate of drug-likeness (QED) is 0.879. The van der Waals surface area contributed by atoms with Crippen LogP contribution in [0.5, 0.6) is 0 Å². The van der Waals surface area contributed by atoms with Gasteiger partial charge in [0.1, 0.15) is 0 Å². The van der Waals surface area contributed by atoms with Crippen molar-refractivity contribution in [2.75, 3.05) is 7.05 Å². The number of amides is 1. The maximum absolute atomic E-state index is 11.5. The van der Waals surface area contributed by atoms with E-state index in [0.29, 0.717) is 11.3 Å². The van der Waals surface area contributed by atoms with Gasteiger partial charge in [0.2, 0.25) is 0 Å². The van der Waals surface area contributed by atoms with Crippen molar-refractivity contribution in [2.45, 2.75) is 6.92 Å². The lowest BCUT2D eigenvalue weighted by atomic mass is 10.0. The number of carbonyl (C=O) groups is 1. The maximum atomic E-state index is 11.5. The molecule has 0 atom stereocenters. The first-order chi connectivity index (χ1) is 9.34. The first-order valence-corrected chi connectivity index (χ1v) is 7.38. The van der Waals surface area contributed by atoms with Crippen LogP contribution in [-0.4, -0.2) is 25.3 Å². The van der Waals surface area contributed by atoms with Gasteiger partial charge in [-0.05, 0) is 30.7 Å². The Kier molecular flexibility index (Phi) is 3.65. The molecule has 0 aliphatic carbocycles. The standard InChI is InChI=1S/C13H15N3O3S/c1-9-12(7-8-16(9)20(14,18)19)10-3-5-11(6-4-10)13(17)15-2/h3-8H,1-2H3,(H,15,17)(H2,14,18,19). The monoisotopic (exact) mass is 293 g/mol. The highest BCUT2D eigenvalue weighted by Crippen LogP contribution is 2.25. The molecular formula is C13H15N3O3S. The molecule has 0 unspecified atom stereocenters. The van der Waals surface area contributed by atoms with Gasteiger partial charge in [-0.25, -0.2) is 9.11 Å². The number of hydrogen-bond acceptors (Lipinski definition) is 3. The van der Waals surface area contributed by atoms with E-state index in [1.54, 1.807) is 44.3 Å². The second-order valence-corrected chi connectivity index (χ2v) is 5.74. The lowest BCUT2D eigenvalue weighted by Crippen LogP contribution is -2.21. The van der Waals surface area contributed by atoms with E-state index >= 15 is 0 Å². The summed E-state index contributed by atoms with van der Waals surface area (Å²) in [5.41, 5.74) is 2.64. The van der Waals surface area contributed by atoms with E-state index in [-0.39, 0.29) is 5.91 Å². The predicted molar refractivity (Wildman–Crippen MR) is 76.5 cm³/mol. The number of aromatic nitrogens is 1. The Hall–Kier alpha value is -2.12. The molecule has 0 aliphatic heterocycles. The van der Waals surface area contributed by atoms with Gasteiger partial charge in [-0.3, -0.25) is 4.79 Å². The molecule has 0 saturated carbocycles. The molecule has 1 aromatic carbocycles. The average molecular weight is 293 g/mol. The van der Waals surface area contributed by atoms with Crippen LogP contribution in [-0.2, 0) is 10.2 Å². The van der Waals surface area contributed by atoms with Crippen LogP contribution in [0, 0.1) is 6.92 Å². The Morgan fingerprint density at radius 1 is 1.20 bits per heavy atom. The second-order valence-electron chi connectivity index (χ2n) is 4.31. The molecule has 2 rings (SSSR count). The van der Waals surface area contributed by atoms with Crippen LogP contribution in [0.1, 0.15) is 16.1 Å². The third-order valence-electron chi connectivity index (χ3n) is 3.06. The predicted octanol–water partition coefficient (Wildman–Crippen LogP) is 0.875. The zero-order chi connectivity index (χ0) is 14.9. The largest absolute Gasteiger partial charge is 0.355 e. The van der Waals surface area contributed by atoms with Crippen molar-refractivity contribution in [2.24, 2.45) is 5.14 Å². The van der Waals surface area contributed by atoms with Crippen molar-refractivity contribution in [1.29, 1.82) is 0 Å². The summed E-state index contributed by atoms with van der Waals surface area (Å²) in [5.74, 6) is -0.171. The van der Waals surface area contributed by atoms with Gasteiger partial charge in [-0.15, -0.1) is 0 Å². The fourth-order valence-electron chi connectivity index (χ4n) is 2.02. The number of nitrogens with one attached hydrogen (secondary N) is 1. The molecule has 20 heavy (non-hydrogen) atoms. The van der Waals surface area contributed by atoms with Gasteiger partial charge in [0.05, 0.1) is 0 Å². The summed E-state index contributed by atoms with van der Waals surface area (Å²) in [6.45, 7) is 1.67. The van der Waals surface area contributed by atoms with Gasteiger partial charge in [-0.2, -0.15) is 8.42 Å². The van der Waals surface area contributed by atoms with E-state index < -0.39 is 10.2 Å². The number of benzene rings is 1. The zero-order valence-corrected chi connectivity index (χ0v) is 11.9. The molecule has 1 amide bonds. The normalized spacial score (nSPS) is 11.3. The summed E-state index contributed by atoms with van der Waals surface area (Å²) in [4.78, 5) is 11.5. The minimum atomic E-state index is -3.79. The van der Waals surface area contributed by atoms with Gasteiger partial charge in [0.15, 0.2) is 0 Å². The third kappa shape index (κ3) is 2.59. The molecule has 106 valence electrons. The number of rotatable bonds is 3. The van der Waals surface area contributed by atoms with Crippen LogP contribution >= 0.6 is 0 Å². The van der Waals surface area contributed by atoms with E-state index in [1.807, 2.05) is 0 Å². The molecule has 0 saturated heterocycles. The van der Waals surface area contributed by atoms with E-state index in [9.17, 15) is 13.2 Å². The Balaban J connectivity index is 2.43. The minimum absolute atomic E-state index is 0.171. The SMILES string of the molecule is CNC(=O)c1ccc(-c2ccn(S(N)(=O)=O)c2C)cc1. The van der Waals surface area contributed by atoms with Crippen LogP contribution in [0.4, 0.5) is 0 Å². The maximum Gasteiger partial charge on any atom is 0.302 e. The Labute approximate surface area is 117 Å². The van der Waals surface area contributed by atoms with Crippen molar-refractivity contribution in [3.8, 4) is 11.1 Å². The van der Waals surface area contributed by atoms with Gasteiger partial charge in [0.25, 0.3) is 5.91 Å². The first-order valence-electron chi connectivity index (χ1n) is 5.88. The molecule has 1 aromatic heterocycles. The smallest absolute Gasteiger partial charge is 0.302 e. The van der Waals surface area contributed by atoms with Crippen LogP contribution in [0.3, 0.4) is 0 Å². The van der Waals surface area contributed by atoms with E-state index in [4.69, 9.17) is 5.14 Å². The van der Waals surface area contributed by atoms with Crippen LogP contribution in [0.25, 0.3) is 11.1 Å². The molecule has 0 radical (unpaired) electrons. The Morgan fingerprint density at radius 2 is 1.80 bits per heavy atom. The van der Waals surface area contributed by atoms with Gasteiger partial charge in [0, 0.05) is 30.1 Å². The van der Waals surface area contributed by atoms with Crippen molar-refractivity contribution in [3.63, 3.8) is 0 Å². The van der Waals surface area contributed by atoms with Crippen LogP contribution < -0.4 is 10.5 Å². The summed E-state index contributed by atoms with van der Waals surface area (Å²) < 4.78 is 23.8. The molecular weight excluding hydrogens is 278 g/mol. The van der Waals surface area contributed by atoms with Crippen molar-refractivity contribution < 1.29 is 13.2 Å². The van der Waals surface area contributed by atoms with Gasteiger partial charge < -0.3 is 5.32 Å². The lowest BCUT2D eigenvalue weighted by molar-refractivity contribution is 0.0963. The van der Waals surface area contributed by atoms with Crippen molar-refractivity contribution in [1.82, 2.24) is 9.29 Å². The Morgan fingerprint density at radius 3 is 2.25 bits per heavy atom. The van der Waals surface area contributed by atoms with Gasteiger partial charge >= 0.3 is 10.2 Å². The number of hydrogen-bond donors (Lipinski definition) is 2. The highest BCUT2D eigenvalue weighted by Gasteiger charge is 2.14. The fraction of sp³-hybridized carbons (Fsp3) is 0.154. The second kappa shape index (κ2) is 5.10. The summed E-state index contributed by atoms with van der Waals surface area (Å²) in [7, 11) is -2.23. The molecule has 3 N–H and O–H groups in total. The number of carbonyl (C=O) groups excluding carboxylic acids is 1. The van der Waals surface area contributed by atoms with Crippen molar-refractivity contribution >= 4 is 16.1 Å². The highest BCUT2D eigenvalue weighted by molar-refractivity contribution is 7.87. The van der Waals surface area contributed by atoms with E-state index in [1.165, 1.54) is 6.20 Å². The lowest BCUT2D eigenvalue weighted by Gasteiger charge is -2.06. The van der Waals surface area contributed by atoms with Crippen LogP contribution in [0.15, 0.2) is 36.5 Å². The summed E-state index contributed by atoms with van der Waals surface area (Å²) >= 11 is 0. The summed E-state index contributed by atoms with van der Waals surface area (Å²) in [5, 5.41) is 7.65. The summed E-state index contributed by atoms with van der Waals surface area (Å²) in [6.07, 6.45) is 1.41. The molecule has 0 aliphatic rings. The topological polar surface area (TPSA) is 94.2 Å². The van der Waals surface area contributed by atoms with E-state index in [0.717, 1.165) is 15.1 Å². The summed E-state index contributed by atoms with van der Waals surface area (Å²) in [6, 6.07) is 8.57. The third-order valence-corrected chi connectivity index (χ3v) is 4.00. The number of nitrogens with two attached hydrogens (primary N) is 1. The van der Waals surface area contributed by atoms with E-state index in [2.05, 4.69) is 5.32 Å². The van der Waals surface area contributed by atoms with Crippen LogP contribution in [0.2, 0.25) is 0 Å². The Bertz CT molecular complexity index is 746. The molecule has 6 nitrogen and oxygen atoms in total.